The Morgan fingerprint density at radius 1 is 0.885 bits per heavy atom. The number of rotatable bonds is 4. The van der Waals surface area contributed by atoms with Crippen LogP contribution in [0.1, 0.15) is 18.1 Å². The van der Waals surface area contributed by atoms with Crippen LogP contribution in [0.15, 0.2) is 64.7 Å². The van der Waals surface area contributed by atoms with Crippen molar-refractivity contribution in [3.8, 4) is 11.5 Å². The molecule has 0 unspecified atom stereocenters. The molecular formula is C20H19N3O2S. The number of methoxy groups -OCH3 is 2. The molecule has 0 fully saturated rings. The number of hydrogen-bond acceptors (Lipinski definition) is 6. The Balaban J connectivity index is 1.68. The Morgan fingerprint density at radius 3 is 2.04 bits per heavy atom. The molecule has 6 heteroatoms. The second-order valence-electron chi connectivity index (χ2n) is 5.88. The Bertz CT molecular complexity index is 915. The maximum atomic E-state index is 5.27. The molecule has 0 amide bonds. The minimum absolute atomic E-state index is 0.834. The molecule has 2 heterocycles. The predicted molar refractivity (Wildman–Crippen MR) is 107 cm³/mol. The van der Waals surface area contributed by atoms with E-state index in [1.54, 1.807) is 26.0 Å². The number of nitrogens with one attached hydrogen (secondary N) is 1. The van der Waals surface area contributed by atoms with Gasteiger partial charge in [-0.2, -0.15) is 0 Å². The van der Waals surface area contributed by atoms with Crippen LogP contribution in [0.2, 0.25) is 0 Å². The average molecular weight is 365 g/mol. The Morgan fingerprint density at radius 2 is 1.46 bits per heavy atom. The number of hydrazone groups is 1. The van der Waals surface area contributed by atoms with Crippen LogP contribution in [0.5, 0.6) is 11.5 Å². The number of hydrogen-bond donors (Lipinski definition) is 1. The molecule has 4 rings (SSSR count). The third-order valence-corrected chi connectivity index (χ3v) is 5.29. The van der Waals surface area contributed by atoms with Crippen LogP contribution >= 0.6 is 11.8 Å². The second kappa shape index (κ2) is 6.80. The lowest BCUT2D eigenvalue weighted by atomic mass is 10.1. The summed E-state index contributed by atoms with van der Waals surface area (Å²) in [6.45, 7) is 2.12. The third-order valence-electron chi connectivity index (χ3n) is 4.32. The molecule has 132 valence electrons. The molecule has 0 spiro atoms. The number of benzene rings is 2. The summed E-state index contributed by atoms with van der Waals surface area (Å²) in [6.07, 6.45) is 2.09. The van der Waals surface area contributed by atoms with Gasteiger partial charge in [0.2, 0.25) is 0 Å². The zero-order valence-electron chi connectivity index (χ0n) is 14.8. The summed E-state index contributed by atoms with van der Waals surface area (Å²) in [5.41, 5.74) is 7.42. The molecule has 0 aliphatic carbocycles. The van der Waals surface area contributed by atoms with Gasteiger partial charge in [-0.15, -0.1) is 5.10 Å². The highest BCUT2D eigenvalue weighted by Gasteiger charge is 2.30. The van der Waals surface area contributed by atoms with Gasteiger partial charge in [-0.3, -0.25) is 10.3 Å². The van der Waals surface area contributed by atoms with Gasteiger partial charge in [-0.25, -0.2) is 0 Å². The van der Waals surface area contributed by atoms with Gasteiger partial charge in [0, 0.05) is 16.7 Å². The number of nitrogens with zero attached hydrogens (tertiary/aromatic N) is 2. The molecule has 26 heavy (non-hydrogen) atoms. The minimum atomic E-state index is 0.834. The van der Waals surface area contributed by atoms with Crippen molar-refractivity contribution in [3.63, 3.8) is 0 Å². The zero-order chi connectivity index (χ0) is 18.1. The van der Waals surface area contributed by atoms with E-state index in [1.807, 2.05) is 36.4 Å². The first-order chi connectivity index (χ1) is 12.7. The van der Waals surface area contributed by atoms with E-state index in [0.29, 0.717) is 0 Å². The SMILES string of the molecule is COc1ccc(C2=CN3C(=NN2)SC(C)=C3c2ccc(OC)cc2)cc1. The molecule has 2 aromatic carbocycles. The predicted octanol–water partition coefficient (Wildman–Crippen LogP) is 4.31. The lowest BCUT2D eigenvalue weighted by molar-refractivity contribution is 0.414. The fraction of sp³-hybridized carbons (Fsp3) is 0.150. The van der Waals surface area contributed by atoms with E-state index in [4.69, 9.17) is 9.47 Å². The summed E-state index contributed by atoms with van der Waals surface area (Å²) >= 11 is 1.66. The molecular weight excluding hydrogens is 346 g/mol. The van der Waals surface area contributed by atoms with E-state index in [1.165, 1.54) is 4.91 Å². The van der Waals surface area contributed by atoms with Crippen LogP contribution in [0.3, 0.4) is 0 Å². The first kappa shape index (κ1) is 16.6. The Kier molecular flexibility index (Phi) is 4.34. The van der Waals surface area contributed by atoms with Crippen molar-refractivity contribution in [1.29, 1.82) is 0 Å². The quantitative estimate of drug-likeness (QED) is 0.875. The first-order valence-electron chi connectivity index (χ1n) is 8.22. The maximum absolute atomic E-state index is 5.27. The van der Waals surface area contributed by atoms with Crippen LogP contribution < -0.4 is 14.9 Å². The van der Waals surface area contributed by atoms with Gasteiger partial charge in [0.05, 0.1) is 25.6 Å². The summed E-state index contributed by atoms with van der Waals surface area (Å²) in [5, 5.41) is 5.46. The fourth-order valence-corrected chi connectivity index (χ4v) is 3.88. The van der Waals surface area contributed by atoms with Crippen molar-refractivity contribution in [2.45, 2.75) is 6.92 Å². The van der Waals surface area contributed by atoms with Crippen LogP contribution in [0.25, 0.3) is 11.4 Å². The van der Waals surface area contributed by atoms with Crippen molar-refractivity contribution in [2.75, 3.05) is 14.2 Å². The highest BCUT2D eigenvalue weighted by molar-refractivity contribution is 8.17. The summed E-state index contributed by atoms with van der Waals surface area (Å²) < 4.78 is 10.5. The molecule has 2 aliphatic heterocycles. The van der Waals surface area contributed by atoms with Crippen molar-refractivity contribution >= 4 is 28.3 Å². The number of allylic oxidation sites excluding steroid dienone is 1. The highest BCUT2D eigenvalue weighted by Crippen LogP contribution is 2.42. The van der Waals surface area contributed by atoms with Crippen LogP contribution in [-0.2, 0) is 0 Å². The third kappa shape index (κ3) is 2.93. The monoisotopic (exact) mass is 365 g/mol. The summed E-state index contributed by atoms with van der Waals surface area (Å²) in [6, 6.07) is 16.0. The molecule has 0 aromatic heterocycles. The molecule has 0 bridgehead atoms. The maximum Gasteiger partial charge on any atom is 0.196 e. The number of thioether (sulfide) groups is 1. The largest absolute Gasteiger partial charge is 0.497 e. The first-order valence-corrected chi connectivity index (χ1v) is 9.03. The standard InChI is InChI=1S/C20H19N3O2S/c1-13-19(15-6-10-17(25-3)11-7-15)23-12-18(21-22-20(23)26-13)14-4-8-16(24-2)9-5-14/h4-12,21H,1-3H3. The summed E-state index contributed by atoms with van der Waals surface area (Å²) in [7, 11) is 3.34. The van der Waals surface area contributed by atoms with Gasteiger partial charge in [0.1, 0.15) is 11.5 Å². The molecule has 0 radical (unpaired) electrons. The van der Waals surface area contributed by atoms with Crippen LogP contribution in [0, 0.1) is 0 Å². The Hall–Kier alpha value is -2.86. The normalized spacial score (nSPS) is 15.9. The topological polar surface area (TPSA) is 46.1 Å². The number of amidine groups is 1. The van der Waals surface area contributed by atoms with E-state index in [0.717, 1.165) is 39.2 Å². The highest BCUT2D eigenvalue weighted by atomic mass is 32.2. The zero-order valence-corrected chi connectivity index (χ0v) is 15.6. The molecule has 2 aromatic rings. The molecule has 5 nitrogen and oxygen atoms in total. The lowest BCUT2D eigenvalue weighted by Gasteiger charge is -2.24. The van der Waals surface area contributed by atoms with Gasteiger partial charge >= 0.3 is 0 Å². The van der Waals surface area contributed by atoms with Crippen molar-refractivity contribution in [3.05, 3.63) is 70.8 Å². The van der Waals surface area contributed by atoms with E-state index in [2.05, 4.69) is 40.7 Å². The Labute approximate surface area is 157 Å². The fourth-order valence-electron chi connectivity index (χ4n) is 2.96. The van der Waals surface area contributed by atoms with Gasteiger partial charge in [-0.1, -0.05) is 11.8 Å². The lowest BCUT2D eigenvalue weighted by Crippen LogP contribution is -2.26. The molecule has 2 aliphatic rings. The van der Waals surface area contributed by atoms with E-state index in [9.17, 15) is 0 Å². The van der Waals surface area contributed by atoms with Gasteiger partial charge in [0.15, 0.2) is 5.17 Å². The second-order valence-corrected chi connectivity index (χ2v) is 7.06. The van der Waals surface area contributed by atoms with E-state index >= 15 is 0 Å². The van der Waals surface area contributed by atoms with Gasteiger partial charge in [-0.05, 0) is 61.0 Å². The molecule has 0 atom stereocenters. The molecule has 0 saturated heterocycles. The number of ether oxygens (including phenoxy) is 2. The number of fused-ring (bicyclic) bond motifs is 1. The minimum Gasteiger partial charge on any atom is -0.497 e. The van der Waals surface area contributed by atoms with Crippen molar-refractivity contribution in [2.24, 2.45) is 5.10 Å². The molecule has 0 saturated carbocycles. The molecule has 1 N–H and O–H groups in total. The average Bonchev–Trinajstić information content (AvgIpc) is 3.03. The van der Waals surface area contributed by atoms with Crippen molar-refractivity contribution in [1.82, 2.24) is 10.3 Å². The van der Waals surface area contributed by atoms with E-state index < -0.39 is 0 Å². The van der Waals surface area contributed by atoms with Crippen LogP contribution in [0.4, 0.5) is 0 Å². The summed E-state index contributed by atoms with van der Waals surface area (Å²) in [4.78, 5) is 3.35. The smallest absolute Gasteiger partial charge is 0.196 e. The van der Waals surface area contributed by atoms with Gasteiger partial charge in [0.25, 0.3) is 0 Å². The van der Waals surface area contributed by atoms with Crippen LogP contribution in [-0.4, -0.2) is 24.3 Å². The van der Waals surface area contributed by atoms with Gasteiger partial charge < -0.3 is 9.47 Å². The van der Waals surface area contributed by atoms with E-state index in [-0.39, 0.29) is 0 Å². The van der Waals surface area contributed by atoms with Crippen molar-refractivity contribution < 1.29 is 9.47 Å². The summed E-state index contributed by atoms with van der Waals surface area (Å²) in [5.74, 6) is 1.68.